The van der Waals surface area contributed by atoms with Crippen LogP contribution in [0.2, 0.25) is 0 Å². The first-order valence-corrected chi connectivity index (χ1v) is 5.10. The van der Waals surface area contributed by atoms with Crippen molar-refractivity contribution in [2.24, 2.45) is 5.10 Å². The summed E-state index contributed by atoms with van der Waals surface area (Å²) in [6.45, 7) is 5.18. The molecule has 0 heterocycles. The fraction of sp³-hybridized carbons (Fsp3) is 0.333. The maximum atomic E-state index is 9.00. The van der Waals surface area contributed by atoms with Gasteiger partial charge in [0.2, 0.25) is 0 Å². The molecule has 0 aliphatic heterocycles. The maximum absolute atomic E-state index is 9.00. The number of hydrazone groups is 1. The van der Waals surface area contributed by atoms with Gasteiger partial charge in [0.05, 0.1) is 5.69 Å². The number of carboxylic acids is 1. The minimum atomic E-state index is -0.833. The van der Waals surface area contributed by atoms with Gasteiger partial charge >= 0.3 is 0 Å². The van der Waals surface area contributed by atoms with Crippen LogP contribution in [0, 0.1) is 0 Å². The Bertz CT molecular complexity index is 330. The van der Waals surface area contributed by atoms with Gasteiger partial charge < -0.3 is 5.11 Å². The summed E-state index contributed by atoms with van der Waals surface area (Å²) in [4.78, 5) is 9.00. The molecule has 0 atom stereocenters. The fourth-order valence-electron chi connectivity index (χ4n) is 0.752. The quantitative estimate of drug-likeness (QED) is 0.610. The van der Waals surface area contributed by atoms with Gasteiger partial charge in [-0.3, -0.25) is 10.2 Å². The van der Waals surface area contributed by atoms with Gasteiger partial charge in [-0.2, -0.15) is 5.10 Å². The number of aliphatic carboxylic acids is 1. The predicted octanol–water partition coefficient (Wildman–Crippen LogP) is 2.98. The molecular formula is C12H18N2O2. The minimum absolute atomic E-state index is 0.833. The highest BCUT2D eigenvalue weighted by atomic mass is 16.4. The zero-order valence-electron chi connectivity index (χ0n) is 9.90. The van der Waals surface area contributed by atoms with Crippen LogP contribution < -0.4 is 5.43 Å². The van der Waals surface area contributed by atoms with E-state index in [1.165, 1.54) is 0 Å². The Morgan fingerprint density at radius 3 is 2.25 bits per heavy atom. The highest BCUT2D eigenvalue weighted by molar-refractivity contribution is 5.82. The molecular weight excluding hydrogens is 204 g/mol. The lowest BCUT2D eigenvalue weighted by atomic mass is 10.3. The lowest BCUT2D eigenvalue weighted by Crippen LogP contribution is -1.94. The summed E-state index contributed by atoms with van der Waals surface area (Å²) in [6, 6.07) is 9.94. The SMILES string of the molecule is CC(=O)O.CC/C(C)=N/Nc1ccccc1. The number of rotatable bonds is 3. The van der Waals surface area contributed by atoms with Crippen molar-refractivity contribution < 1.29 is 9.90 Å². The van der Waals surface area contributed by atoms with E-state index in [9.17, 15) is 0 Å². The van der Waals surface area contributed by atoms with Gasteiger partial charge in [-0.1, -0.05) is 25.1 Å². The van der Waals surface area contributed by atoms with E-state index in [1.54, 1.807) is 0 Å². The third-order valence-electron chi connectivity index (χ3n) is 1.66. The van der Waals surface area contributed by atoms with E-state index in [-0.39, 0.29) is 0 Å². The molecule has 1 aromatic carbocycles. The molecule has 16 heavy (non-hydrogen) atoms. The number of carbonyl (C=O) groups is 1. The number of hydrogen-bond donors (Lipinski definition) is 2. The molecule has 0 fully saturated rings. The zero-order valence-corrected chi connectivity index (χ0v) is 9.90. The number of benzene rings is 1. The Kier molecular flexibility index (Phi) is 7.49. The molecule has 1 aromatic rings. The molecule has 0 aliphatic rings. The average molecular weight is 222 g/mol. The van der Waals surface area contributed by atoms with Crippen LogP contribution in [0.15, 0.2) is 35.4 Å². The molecule has 0 saturated carbocycles. The predicted molar refractivity (Wildman–Crippen MR) is 66.8 cm³/mol. The van der Waals surface area contributed by atoms with Crippen LogP contribution in [0.1, 0.15) is 27.2 Å². The lowest BCUT2D eigenvalue weighted by molar-refractivity contribution is -0.134. The Balaban J connectivity index is 0.000000487. The van der Waals surface area contributed by atoms with Crippen molar-refractivity contribution in [3.8, 4) is 0 Å². The van der Waals surface area contributed by atoms with Gasteiger partial charge in [-0.15, -0.1) is 0 Å². The summed E-state index contributed by atoms with van der Waals surface area (Å²) in [7, 11) is 0. The first-order chi connectivity index (χ1) is 7.56. The van der Waals surface area contributed by atoms with Gasteiger partial charge in [-0.25, -0.2) is 0 Å². The van der Waals surface area contributed by atoms with Crippen molar-refractivity contribution in [3.63, 3.8) is 0 Å². The monoisotopic (exact) mass is 222 g/mol. The summed E-state index contributed by atoms with van der Waals surface area (Å²) in [5.41, 5.74) is 5.13. The number of para-hydroxylation sites is 1. The number of hydrogen-bond acceptors (Lipinski definition) is 3. The van der Waals surface area contributed by atoms with E-state index in [4.69, 9.17) is 9.90 Å². The molecule has 0 spiro atoms. The third-order valence-corrected chi connectivity index (χ3v) is 1.66. The van der Waals surface area contributed by atoms with Crippen LogP contribution >= 0.6 is 0 Å². The van der Waals surface area contributed by atoms with Crippen molar-refractivity contribution in [2.45, 2.75) is 27.2 Å². The first-order valence-electron chi connectivity index (χ1n) is 5.10. The van der Waals surface area contributed by atoms with Gasteiger partial charge in [-0.05, 0) is 25.5 Å². The van der Waals surface area contributed by atoms with Crippen LogP contribution in [-0.4, -0.2) is 16.8 Å². The molecule has 1 rings (SSSR count). The lowest BCUT2D eigenvalue weighted by Gasteiger charge is -2.00. The van der Waals surface area contributed by atoms with E-state index in [0.717, 1.165) is 24.7 Å². The first kappa shape index (κ1) is 14.2. The number of carboxylic acid groups (broad SMARTS) is 1. The molecule has 0 unspecified atom stereocenters. The Hall–Kier alpha value is -1.84. The van der Waals surface area contributed by atoms with Crippen LogP contribution in [0.25, 0.3) is 0 Å². The van der Waals surface area contributed by atoms with Crippen LogP contribution in [0.5, 0.6) is 0 Å². The topological polar surface area (TPSA) is 61.7 Å². The molecule has 0 aromatic heterocycles. The molecule has 0 radical (unpaired) electrons. The Labute approximate surface area is 96.0 Å². The van der Waals surface area contributed by atoms with Crippen molar-refractivity contribution in [3.05, 3.63) is 30.3 Å². The second-order valence-corrected chi connectivity index (χ2v) is 3.20. The van der Waals surface area contributed by atoms with Gasteiger partial charge in [0.1, 0.15) is 0 Å². The smallest absolute Gasteiger partial charge is 0.300 e. The van der Waals surface area contributed by atoms with Crippen LogP contribution in [0.4, 0.5) is 5.69 Å². The highest BCUT2D eigenvalue weighted by Gasteiger charge is 1.86. The normalized spacial score (nSPS) is 10.1. The molecule has 0 amide bonds. The van der Waals surface area contributed by atoms with E-state index < -0.39 is 5.97 Å². The van der Waals surface area contributed by atoms with Crippen molar-refractivity contribution in [2.75, 3.05) is 5.43 Å². The van der Waals surface area contributed by atoms with E-state index in [2.05, 4.69) is 17.5 Å². The summed E-state index contributed by atoms with van der Waals surface area (Å²) >= 11 is 0. The number of anilines is 1. The second-order valence-electron chi connectivity index (χ2n) is 3.20. The minimum Gasteiger partial charge on any atom is -0.481 e. The van der Waals surface area contributed by atoms with Crippen LogP contribution in [-0.2, 0) is 4.79 Å². The summed E-state index contributed by atoms with van der Waals surface area (Å²) < 4.78 is 0. The molecule has 4 nitrogen and oxygen atoms in total. The van der Waals surface area contributed by atoms with E-state index >= 15 is 0 Å². The summed E-state index contributed by atoms with van der Waals surface area (Å²) in [5.74, 6) is -0.833. The average Bonchev–Trinajstić information content (AvgIpc) is 2.26. The fourth-order valence-corrected chi connectivity index (χ4v) is 0.752. The molecule has 0 saturated heterocycles. The third kappa shape index (κ3) is 8.74. The molecule has 0 bridgehead atoms. The summed E-state index contributed by atoms with van der Waals surface area (Å²) in [5, 5.41) is 11.6. The standard InChI is InChI=1S/C10H14N2.C2H4O2/c1-3-9(2)11-12-10-7-5-4-6-8-10;1-2(3)4/h4-8,12H,3H2,1-2H3;1H3,(H,3,4)/b11-9+;. The molecule has 88 valence electrons. The van der Waals surface area contributed by atoms with Crippen LogP contribution in [0.3, 0.4) is 0 Å². The summed E-state index contributed by atoms with van der Waals surface area (Å²) in [6.07, 6.45) is 0.986. The van der Waals surface area contributed by atoms with Gasteiger partial charge in [0.25, 0.3) is 5.97 Å². The van der Waals surface area contributed by atoms with Crippen molar-refractivity contribution in [1.29, 1.82) is 0 Å². The van der Waals surface area contributed by atoms with Crippen molar-refractivity contribution >= 4 is 17.4 Å². The molecule has 0 aliphatic carbocycles. The Morgan fingerprint density at radius 2 is 1.81 bits per heavy atom. The van der Waals surface area contributed by atoms with Crippen molar-refractivity contribution in [1.82, 2.24) is 0 Å². The van der Waals surface area contributed by atoms with Gasteiger partial charge in [0, 0.05) is 12.6 Å². The highest BCUT2D eigenvalue weighted by Crippen LogP contribution is 2.04. The molecule has 2 N–H and O–H groups in total. The zero-order chi connectivity index (χ0) is 12.4. The largest absolute Gasteiger partial charge is 0.481 e. The number of nitrogens with zero attached hydrogens (tertiary/aromatic N) is 1. The Morgan fingerprint density at radius 1 is 1.31 bits per heavy atom. The number of nitrogens with one attached hydrogen (secondary N) is 1. The maximum Gasteiger partial charge on any atom is 0.300 e. The second kappa shape index (κ2) is 8.47. The molecule has 4 heteroatoms. The van der Waals surface area contributed by atoms with E-state index in [0.29, 0.717) is 0 Å². The van der Waals surface area contributed by atoms with E-state index in [1.807, 2.05) is 37.3 Å². The van der Waals surface area contributed by atoms with Gasteiger partial charge in [0.15, 0.2) is 0 Å².